The van der Waals surface area contributed by atoms with Crippen LogP contribution in [0.4, 0.5) is 0 Å². The van der Waals surface area contributed by atoms with Crippen molar-refractivity contribution in [2.45, 2.75) is 6.61 Å². The van der Waals surface area contributed by atoms with E-state index in [1.54, 1.807) is 12.3 Å². The van der Waals surface area contributed by atoms with Gasteiger partial charge in [-0.05, 0) is 48.0 Å². The van der Waals surface area contributed by atoms with Gasteiger partial charge in [-0.3, -0.25) is 4.79 Å². The Morgan fingerprint density at radius 3 is 2.37 bits per heavy atom. The smallest absolute Gasteiger partial charge is 0.282 e. The van der Waals surface area contributed by atoms with Gasteiger partial charge in [0.1, 0.15) is 12.4 Å². The van der Waals surface area contributed by atoms with Crippen LogP contribution in [0.15, 0.2) is 116 Å². The van der Waals surface area contributed by atoms with Gasteiger partial charge in [0.2, 0.25) is 0 Å². The molecule has 0 aliphatic heterocycles. The Balaban J connectivity index is 1.55. The van der Waals surface area contributed by atoms with Crippen LogP contribution in [0.5, 0.6) is 5.75 Å². The lowest BCUT2D eigenvalue weighted by atomic mass is 10.2. The van der Waals surface area contributed by atoms with Crippen molar-refractivity contribution >= 4 is 49.0 Å². The maximum Gasteiger partial charge on any atom is 0.282 e. The number of para-hydroxylation sites is 1. The summed E-state index contributed by atoms with van der Waals surface area (Å²) in [6.07, 6.45) is 1.63. The van der Waals surface area contributed by atoms with Crippen molar-refractivity contribution in [2.24, 2.45) is 5.10 Å². The zero-order chi connectivity index (χ0) is 24.2. The summed E-state index contributed by atoms with van der Waals surface area (Å²) in [5.74, 6) is 1.13. The monoisotopic (exact) mass is 587 g/mol. The highest BCUT2D eigenvalue weighted by Gasteiger charge is 2.12. The van der Waals surface area contributed by atoms with Gasteiger partial charge in [0.15, 0.2) is 5.82 Å². The average molecular weight is 589 g/mol. The summed E-state index contributed by atoms with van der Waals surface area (Å²) >= 11 is 6.97. The fraction of sp³-hybridized carbons (Fsp3) is 0.0357. The fourth-order valence-electron chi connectivity index (χ4n) is 3.62. The van der Waals surface area contributed by atoms with Gasteiger partial charge in [0, 0.05) is 20.1 Å². The Morgan fingerprint density at radius 2 is 1.57 bits per heavy atom. The highest BCUT2D eigenvalue weighted by molar-refractivity contribution is 9.10. The number of hydrogen-bond acceptors (Lipinski definition) is 4. The van der Waals surface area contributed by atoms with E-state index in [-0.39, 0.29) is 5.56 Å². The molecule has 5 rings (SSSR count). The van der Waals surface area contributed by atoms with Crippen LogP contribution in [0.2, 0.25) is 0 Å². The lowest BCUT2D eigenvalue weighted by Crippen LogP contribution is -2.20. The minimum atomic E-state index is -0.238. The van der Waals surface area contributed by atoms with E-state index < -0.39 is 0 Å². The SMILES string of the molecule is O=c1c2ccccc2nc(-c2ccccc2)n1N=Cc1cc(Br)ccc1OCc1ccc(Br)cc1. The van der Waals surface area contributed by atoms with Crippen molar-refractivity contribution in [3.63, 3.8) is 0 Å². The number of nitrogens with zero attached hydrogens (tertiary/aromatic N) is 3. The normalized spacial score (nSPS) is 11.3. The predicted octanol–water partition coefficient (Wildman–Crippen LogP) is 7.05. The Kier molecular flexibility index (Phi) is 6.88. The minimum absolute atomic E-state index is 0.238. The summed E-state index contributed by atoms with van der Waals surface area (Å²) in [7, 11) is 0. The van der Waals surface area contributed by atoms with Crippen LogP contribution in [-0.4, -0.2) is 15.9 Å². The van der Waals surface area contributed by atoms with E-state index in [2.05, 4.69) is 37.0 Å². The second-order valence-corrected chi connectivity index (χ2v) is 9.61. The van der Waals surface area contributed by atoms with Gasteiger partial charge < -0.3 is 4.74 Å². The topological polar surface area (TPSA) is 56.5 Å². The van der Waals surface area contributed by atoms with E-state index in [1.807, 2.05) is 91.0 Å². The van der Waals surface area contributed by atoms with Crippen molar-refractivity contribution in [2.75, 3.05) is 0 Å². The summed E-state index contributed by atoms with van der Waals surface area (Å²) in [5, 5.41) is 5.09. The average Bonchev–Trinajstić information content (AvgIpc) is 2.89. The van der Waals surface area contributed by atoms with Gasteiger partial charge in [0.25, 0.3) is 5.56 Å². The number of halogens is 2. The molecule has 1 heterocycles. The van der Waals surface area contributed by atoms with Gasteiger partial charge in [-0.1, -0.05) is 86.5 Å². The Bertz CT molecular complexity index is 1580. The molecule has 35 heavy (non-hydrogen) atoms. The number of aromatic nitrogens is 2. The molecule has 0 bridgehead atoms. The third-order valence-electron chi connectivity index (χ3n) is 5.38. The molecule has 5 aromatic rings. The van der Waals surface area contributed by atoms with Gasteiger partial charge in [-0.2, -0.15) is 9.78 Å². The molecule has 0 fully saturated rings. The second-order valence-electron chi connectivity index (χ2n) is 7.78. The standard InChI is InChI=1S/C28H19Br2N3O2/c29-22-12-10-19(11-13-22)18-35-26-15-14-23(30)16-21(26)17-31-33-27(20-6-2-1-3-7-20)32-25-9-5-4-8-24(25)28(33)34/h1-17H,18H2. The minimum Gasteiger partial charge on any atom is -0.488 e. The van der Waals surface area contributed by atoms with Crippen LogP contribution >= 0.6 is 31.9 Å². The van der Waals surface area contributed by atoms with Gasteiger partial charge in [0.05, 0.1) is 17.1 Å². The van der Waals surface area contributed by atoms with Crippen molar-refractivity contribution < 1.29 is 4.74 Å². The molecule has 0 unspecified atom stereocenters. The zero-order valence-electron chi connectivity index (χ0n) is 18.4. The summed E-state index contributed by atoms with van der Waals surface area (Å²) in [5.41, 5.74) is 2.96. The summed E-state index contributed by atoms with van der Waals surface area (Å²) in [4.78, 5) is 18.1. The number of fused-ring (bicyclic) bond motifs is 1. The third kappa shape index (κ3) is 5.26. The highest BCUT2D eigenvalue weighted by Crippen LogP contribution is 2.24. The maximum atomic E-state index is 13.4. The van der Waals surface area contributed by atoms with E-state index in [4.69, 9.17) is 9.72 Å². The first-order valence-electron chi connectivity index (χ1n) is 10.9. The Morgan fingerprint density at radius 1 is 0.857 bits per heavy atom. The maximum absolute atomic E-state index is 13.4. The molecule has 0 saturated carbocycles. The molecule has 0 aliphatic carbocycles. The van der Waals surface area contributed by atoms with E-state index >= 15 is 0 Å². The number of rotatable bonds is 6. The zero-order valence-corrected chi connectivity index (χ0v) is 21.6. The molecule has 0 aliphatic rings. The molecule has 0 saturated heterocycles. The van der Waals surface area contributed by atoms with Crippen molar-refractivity contribution in [1.82, 2.24) is 9.66 Å². The molecule has 172 valence electrons. The van der Waals surface area contributed by atoms with Crippen molar-refractivity contribution in [1.29, 1.82) is 0 Å². The molecule has 0 radical (unpaired) electrons. The van der Waals surface area contributed by atoms with Gasteiger partial charge >= 0.3 is 0 Å². The van der Waals surface area contributed by atoms with Crippen LogP contribution in [-0.2, 0) is 6.61 Å². The largest absolute Gasteiger partial charge is 0.488 e. The second kappa shape index (κ2) is 10.4. The lowest BCUT2D eigenvalue weighted by Gasteiger charge is -2.11. The number of benzene rings is 4. The first kappa shape index (κ1) is 23.2. The van der Waals surface area contributed by atoms with Crippen LogP contribution in [0.25, 0.3) is 22.3 Å². The predicted molar refractivity (Wildman–Crippen MR) is 147 cm³/mol. The van der Waals surface area contributed by atoms with Crippen LogP contribution in [0.1, 0.15) is 11.1 Å². The molecule has 5 nitrogen and oxygen atoms in total. The van der Waals surface area contributed by atoms with E-state index in [0.29, 0.717) is 29.1 Å². The lowest BCUT2D eigenvalue weighted by molar-refractivity contribution is 0.305. The third-order valence-corrected chi connectivity index (χ3v) is 6.40. The Hall–Kier alpha value is -3.55. The van der Waals surface area contributed by atoms with Gasteiger partial charge in [-0.25, -0.2) is 4.98 Å². The number of ether oxygens (including phenoxy) is 1. The van der Waals surface area contributed by atoms with Crippen LogP contribution in [0, 0.1) is 0 Å². The van der Waals surface area contributed by atoms with Crippen molar-refractivity contribution in [3.05, 3.63) is 127 Å². The summed E-state index contributed by atoms with van der Waals surface area (Å²) in [6, 6.07) is 30.5. The molecule has 4 aromatic carbocycles. The first-order chi connectivity index (χ1) is 17.1. The number of hydrogen-bond donors (Lipinski definition) is 0. The molecule has 0 amide bonds. The van der Waals surface area contributed by atoms with Crippen molar-refractivity contribution in [3.8, 4) is 17.1 Å². The molecule has 0 atom stereocenters. The molecule has 7 heteroatoms. The van der Waals surface area contributed by atoms with Gasteiger partial charge in [-0.15, -0.1) is 0 Å². The van der Waals surface area contributed by atoms with E-state index in [0.717, 1.165) is 25.6 Å². The first-order valence-corrected chi connectivity index (χ1v) is 12.5. The quantitative estimate of drug-likeness (QED) is 0.200. The molecular formula is C28H19Br2N3O2. The van der Waals surface area contributed by atoms with E-state index in [9.17, 15) is 4.79 Å². The van der Waals surface area contributed by atoms with E-state index in [1.165, 1.54) is 4.68 Å². The molecule has 0 spiro atoms. The Labute approximate surface area is 219 Å². The highest BCUT2D eigenvalue weighted by atomic mass is 79.9. The molecule has 1 aromatic heterocycles. The van der Waals surface area contributed by atoms with Crippen LogP contribution in [0.3, 0.4) is 0 Å². The molecule has 0 N–H and O–H groups in total. The fourth-order valence-corrected chi connectivity index (χ4v) is 4.26. The summed E-state index contributed by atoms with van der Waals surface area (Å²) in [6.45, 7) is 0.405. The van der Waals surface area contributed by atoms with Crippen LogP contribution < -0.4 is 10.3 Å². The molecular weight excluding hydrogens is 570 g/mol. The summed E-state index contributed by atoms with van der Waals surface area (Å²) < 4.78 is 9.33.